The van der Waals surface area contributed by atoms with E-state index in [2.05, 4.69) is 5.32 Å². The van der Waals surface area contributed by atoms with Crippen LogP contribution in [0.5, 0.6) is 0 Å². The van der Waals surface area contributed by atoms with Gasteiger partial charge in [-0.2, -0.15) is 0 Å². The van der Waals surface area contributed by atoms with Crippen LogP contribution in [0, 0.1) is 11.6 Å². The van der Waals surface area contributed by atoms with E-state index in [1.54, 1.807) is 6.92 Å². The van der Waals surface area contributed by atoms with Crippen LogP contribution in [0.2, 0.25) is 0 Å². The SMILES string of the molecule is CCOC(=O)c1ccc(CNC(=O)c2cc(F)ccc2F)o1. The quantitative estimate of drug-likeness (QED) is 0.862. The van der Waals surface area contributed by atoms with Crippen molar-refractivity contribution in [1.82, 2.24) is 5.32 Å². The first-order valence-electron chi connectivity index (χ1n) is 6.50. The van der Waals surface area contributed by atoms with Gasteiger partial charge in [-0.15, -0.1) is 0 Å². The predicted molar refractivity (Wildman–Crippen MR) is 72.2 cm³/mol. The summed E-state index contributed by atoms with van der Waals surface area (Å²) in [5, 5.41) is 2.38. The lowest BCUT2D eigenvalue weighted by Gasteiger charge is -2.04. The molecule has 116 valence electrons. The van der Waals surface area contributed by atoms with Gasteiger partial charge in [0.25, 0.3) is 5.91 Å². The highest BCUT2D eigenvalue weighted by molar-refractivity contribution is 5.94. The Bertz CT molecular complexity index is 697. The third kappa shape index (κ3) is 3.69. The third-order valence-corrected chi connectivity index (χ3v) is 2.73. The molecule has 1 aromatic carbocycles. The molecule has 0 atom stereocenters. The summed E-state index contributed by atoms with van der Waals surface area (Å²) >= 11 is 0. The zero-order chi connectivity index (χ0) is 16.1. The van der Waals surface area contributed by atoms with Gasteiger partial charge in [0.15, 0.2) is 0 Å². The van der Waals surface area contributed by atoms with E-state index in [0.717, 1.165) is 18.2 Å². The van der Waals surface area contributed by atoms with Crippen LogP contribution in [-0.2, 0) is 11.3 Å². The van der Waals surface area contributed by atoms with Crippen molar-refractivity contribution in [3.63, 3.8) is 0 Å². The first-order valence-corrected chi connectivity index (χ1v) is 6.50. The van der Waals surface area contributed by atoms with Gasteiger partial charge in [-0.25, -0.2) is 13.6 Å². The lowest BCUT2D eigenvalue weighted by Crippen LogP contribution is -2.23. The van der Waals surface area contributed by atoms with Crippen molar-refractivity contribution in [3.8, 4) is 0 Å². The number of rotatable bonds is 5. The molecule has 5 nitrogen and oxygen atoms in total. The third-order valence-electron chi connectivity index (χ3n) is 2.73. The summed E-state index contributed by atoms with van der Waals surface area (Å²) in [7, 11) is 0. The fourth-order valence-corrected chi connectivity index (χ4v) is 1.72. The summed E-state index contributed by atoms with van der Waals surface area (Å²) in [5.74, 6) is -2.65. The maximum Gasteiger partial charge on any atom is 0.374 e. The minimum absolute atomic E-state index is 0.00281. The van der Waals surface area contributed by atoms with Gasteiger partial charge in [0.05, 0.1) is 18.7 Å². The molecular formula is C15H13F2NO4. The lowest BCUT2D eigenvalue weighted by molar-refractivity contribution is 0.0488. The smallest absolute Gasteiger partial charge is 0.374 e. The summed E-state index contributed by atoms with van der Waals surface area (Å²) in [6.45, 7) is 1.80. The van der Waals surface area contributed by atoms with E-state index in [-0.39, 0.29) is 24.7 Å². The Kier molecular flexibility index (Phi) is 4.88. The average Bonchev–Trinajstić information content (AvgIpc) is 2.96. The van der Waals surface area contributed by atoms with Gasteiger partial charge in [0.1, 0.15) is 17.4 Å². The van der Waals surface area contributed by atoms with Gasteiger partial charge in [0, 0.05) is 0 Å². The fourth-order valence-electron chi connectivity index (χ4n) is 1.72. The summed E-state index contributed by atoms with van der Waals surface area (Å²) in [6.07, 6.45) is 0. The number of hydrogen-bond acceptors (Lipinski definition) is 4. The molecule has 0 saturated heterocycles. The van der Waals surface area contributed by atoms with Crippen LogP contribution in [0.15, 0.2) is 34.7 Å². The molecule has 0 unspecified atom stereocenters. The normalized spacial score (nSPS) is 10.3. The number of hydrogen-bond donors (Lipinski definition) is 1. The number of ether oxygens (including phenoxy) is 1. The van der Waals surface area contributed by atoms with Gasteiger partial charge in [-0.1, -0.05) is 0 Å². The van der Waals surface area contributed by atoms with Crippen LogP contribution in [-0.4, -0.2) is 18.5 Å². The maximum atomic E-state index is 13.4. The Morgan fingerprint density at radius 2 is 2.00 bits per heavy atom. The maximum absolute atomic E-state index is 13.4. The minimum Gasteiger partial charge on any atom is -0.460 e. The fraction of sp³-hybridized carbons (Fsp3) is 0.200. The molecule has 1 heterocycles. The van der Waals surface area contributed by atoms with E-state index >= 15 is 0 Å². The second kappa shape index (κ2) is 6.84. The highest BCUT2D eigenvalue weighted by atomic mass is 19.1. The van der Waals surface area contributed by atoms with Crippen molar-refractivity contribution in [3.05, 3.63) is 59.1 Å². The Morgan fingerprint density at radius 1 is 1.23 bits per heavy atom. The van der Waals surface area contributed by atoms with Gasteiger partial charge in [-0.05, 0) is 37.3 Å². The van der Waals surface area contributed by atoms with Crippen LogP contribution in [0.3, 0.4) is 0 Å². The summed E-state index contributed by atoms with van der Waals surface area (Å²) < 4.78 is 36.4. The first kappa shape index (κ1) is 15.7. The van der Waals surface area contributed by atoms with Crippen LogP contribution >= 0.6 is 0 Å². The van der Waals surface area contributed by atoms with Crippen molar-refractivity contribution >= 4 is 11.9 Å². The van der Waals surface area contributed by atoms with Crippen LogP contribution in [0.25, 0.3) is 0 Å². The predicted octanol–water partition coefficient (Wildman–Crippen LogP) is 2.66. The summed E-state index contributed by atoms with van der Waals surface area (Å²) in [5.41, 5.74) is -0.405. The second-order valence-electron chi connectivity index (χ2n) is 4.29. The van der Waals surface area contributed by atoms with E-state index in [4.69, 9.17) is 9.15 Å². The van der Waals surface area contributed by atoms with E-state index in [0.29, 0.717) is 0 Å². The Hall–Kier alpha value is -2.70. The minimum atomic E-state index is -0.828. The molecule has 0 radical (unpaired) electrons. The molecule has 2 aromatic rings. The van der Waals surface area contributed by atoms with E-state index in [1.807, 2.05) is 0 Å². The van der Waals surface area contributed by atoms with Gasteiger partial charge >= 0.3 is 5.97 Å². The first-order chi connectivity index (χ1) is 10.5. The second-order valence-corrected chi connectivity index (χ2v) is 4.29. The summed E-state index contributed by atoms with van der Waals surface area (Å²) in [4.78, 5) is 23.2. The van der Waals surface area contributed by atoms with E-state index in [9.17, 15) is 18.4 Å². The largest absolute Gasteiger partial charge is 0.460 e. The lowest BCUT2D eigenvalue weighted by atomic mass is 10.2. The topological polar surface area (TPSA) is 68.5 Å². The van der Waals surface area contributed by atoms with Gasteiger partial charge in [0.2, 0.25) is 5.76 Å². The van der Waals surface area contributed by atoms with Gasteiger partial charge in [-0.3, -0.25) is 4.79 Å². The molecule has 1 N–H and O–H groups in total. The number of carbonyl (C=O) groups is 2. The van der Waals surface area contributed by atoms with Crippen LogP contribution in [0.1, 0.15) is 33.6 Å². The standard InChI is InChI=1S/C15H13F2NO4/c1-2-21-15(20)13-6-4-10(22-13)8-18-14(19)11-7-9(16)3-5-12(11)17/h3-7H,2,8H2,1H3,(H,18,19). The number of esters is 1. The number of benzene rings is 1. The Morgan fingerprint density at radius 3 is 2.73 bits per heavy atom. The molecule has 7 heteroatoms. The van der Waals surface area contributed by atoms with E-state index in [1.165, 1.54) is 12.1 Å². The number of halogens is 2. The van der Waals surface area contributed by atoms with Crippen molar-refractivity contribution in [2.75, 3.05) is 6.61 Å². The van der Waals surface area contributed by atoms with Gasteiger partial charge < -0.3 is 14.5 Å². The molecule has 2 rings (SSSR count). The van der Waals surface area contributed by atoms with Crippen molar-refractivity contribution in [1.29, 1.82) is 0 Å². The highest BCUT2D eigenvalue weighted by Crippen LogP contribution is 2.12. The molecule has 0 bridgehead atoms. The van der Waals surface area contributed by atoms with E-state index < -0.39 is 29.1 Å². The molecule has 0 aliphatic carbocycles. The summed E-state index contributed by atoms with van der Waals surface area (Å²) in [6, 6.07) is 5.48. The molecule has 0 aliphatic heterocycles. The average molecular weight is 309 g/mol. The molecule has 22 heavy (non-hydrogen) atoms. The molecule has 1 aromatic heterocycles. The molecule has 1 amide bonds. The highest BCUT2D eigenvalue weighted by Gasteiger charge is 2.15. The molecule has 0 aliphatic rings. The number of amides is 1. The van der Waals surface area contributed by atoms with Crippen molar-refractivity contribution in [2.24, 2.45) is 0 Å². The number of furan rings is 1. The molecule has 0 spiro atoms. The number of carbonyl (C=O) groups excluding carboxylic acids is 2. The zero-order valence-corrected chi connectivity index (χ0v) is 11.7. The van der Waals surface area contributed by atoms with Crippen LogP contribution < -0.4 is 5.32 Å². The monoisotopic (exact) mass is 309 g/mol. The van der Waals surface area contributed by atoms with Crippen molar-refractivity contribution in [2.45, 2.75) is 13.5 Å². The number of nitrogens with one attached hydrogen (secondary N) is 1. The molecule has 0 fully saturated rings. The molecule has 0 saturated carbocycles. The Labute approximate surface area is 124 Å². The molecular weight excluding hydrogens is 296 g/mol. The Balaban J connectivity index is 1.99. The van der Waals surface area contributed by atoms with Crippen molar-refractivity contribution < 1.29 is 27.5 Å². The zero-order valence-electron chi connectivity index (χ0n) is 11.7. The van der Waals surface area contributed by atoms with Crippen LogP contribution in [0.4, 0.5) is 8.78 Å².